The van der Waals surface area contributed by atoms with Crippen molar-refractivity contribution in [3.63, 3.8) is 0 Å². The number of ether oxygens (including phenoxy) is 1. The minimum Gasteiger partial charge on any atom is -0.497 e. The van der Waals surface area contributed by atoms with Gasteiger partial charge in [-0.3, -0.25) is 4.79 Å². The maximum atomic E-state index is 11.8. The fourth-order valence-corrected chi connectivity index (χ4v) is 1.47. The minimum absolute atomic E-state index is 0.155. The van der Waals surface area contributed by atoms with Gasteiger partial charge in [-0.2, -0.15) is 12.6 Å². The van der Waals surface area contributed by atoms with Gasteiger partial charge in [0.1, 0.15) is 5.75 Å². The van der Waals surface area contributed by atoms with E-state index < -0.39 is 0 Å². The third-order valence-electron chi connectivity index (χ3n) is 2.33. The number of nitrogens with one attached hydrogen (secondary N) is 1. The van der Waals surface area contributed by atoms with Crippen LogP contribution in [0, 0.1) is 5.92 Å². The number of carbonyl (C=O) groups is 1. The van der Waals surface area contributed by atoms with Gasteiger partial charge in [-0.15, -0.1) is 0 Å². The van der Waals surface area contributed by atoms with Crippen molar-refractivity contribution >= 4 is 35.8 Å². The molecule has 1 amide bonds. The van der Waals surface area contributed by atoms with Gasteiger partial charge in [0.2, 0.25) is 5.91 Å². The van der Waals surface area contributed by atoms with Gasteiger partial charge in [0, 0.05) is 6.07 Å². The van der Waals surface area contributed by atoms with Crippen LogP contribution >= 0.6 is 24.2 Å². The summed E-state index contributed by atoms with van der Waals surface area (Å²) in [5.74, 6) is 0.631. The average Bonchev–Trinajstić information content (AvgIpc) is 2.30. The molecule has 0 aromatic heterocycles. The molecule has 0 saturated carbocycles. The van der Waals surface area contributed by atoms with Crippen LogP contribution in [0.1, 0.15) is 13.8 Å². The lowest BCUT2D eigenvalue weighted by atomic mass is 10.1. The van der Waals surface area contributed by atoms with Crippen molar-refractivity contribution in [2.45, 2.75) is 19.1 Å². The van der Waals surface area contributed by atoms with E-state index in [1.807, 2.05) is 13.8 Å². The van der Waals surface area contributed by atoms with E-state index in [1.54, 1.807) is 25.3 Å². The molecule has 0 bridgehead atoms. The highest BCUT2D eigenvalue weighted by molar-refractivity contribution is 7.81. The lowest BCUT2D eigenvalue weighted by molar-refractivity contribution is -0.116. The number of amides is 1. The molecule has 0 fully saturated rings. The van der Waals surface area contributed by atoms with Crippen molar-refractivity contribution in [3.8, 4) is 5.75 Å². The fraction of sp³-hybridized carbons (Fsp3) is 0.417. The second-order valence-electron chi connectivity index (χ2n) is 4.02. The normalized spacial score (nSPS) is 12.4. The molecule has 1 N–H and O–H groups in total. The van der Waals surface area contributed by atoms with Crippen LogP contribution < -0.4 is 10.1 Å². The predicted molar refractivity (Wildman–Crippen MR) is 74.2 cm³/mol. The molecule has 0 radical (unpaired) electrons. The molecule has 1 aromatic rings. The Morgan fingerprint density at radius 2 is 2.12 bits per heavy atom. The summed E-state index contributed by atoms with van der Waals surface area (Å²) in [6.45, 7) is 3.87. The standard InChI is InChI=1S/C12H16ClNO2S/c1-7(2)11(17)12(15)14-10-6-8(16-3)4-5-9(10)13/h4-7,11,17H,1-3H3,(H,14,15). The van der Waals surface area contributed by atoms with Crippen molar-refractivity contribution < 1.29 is 9.53 Å². The molecule has 0 aliphatic rings. The monoisotopic (exact) mass is 273 g/mol. The topological polar surface area (TPSA) is 38.3 Å². The van der Waals surface area contributed by atoms with Crippen LogP contribution in [0.4, 0.5) is 5.69 Å². The van der Waals surface area contributed by atoms with Gasteiger partial charge in [0.05, 0.1) is 23.1 Å². The van der Waals surface area contributed by atoms with Crippen molar-refractivity contribution in [1.29, 1.82) is 0 Å². The second-order valence-corrected chi connectivity index (χ2v) is 4.99. The van der Waals surface area contributed by atoms with Crippen LogP contribution in [-0.4, -0.2) is 18.3 Å². The molecular formula is C12H16ClNO2S. The number of hydrogen-bond acceptors (Lipinski definition) is 3. The lowest BCUT2D eigenvalue weighted by Crippen LogP contribution is -2.27. The molecule has 3 nitrogen and oxygen atoms in total. The van der Waals surface area contributed by atoms with E-state index in [0.717, 1.165) is 0 Å². The Bertz CT molecular complexity index is 409. The largest absolute Gasteiger partial charge is 0.497 e. The quantitative estimate of drug-likeness (QED) is 0.827. The van der Waals surface area contributed by atoms with Crippen molar-refractivity contribution in [3.05, 3.63) is 23.2 Å². The third-order valence-corrected chi connectivity index (χ3v) is 3.49. The summed E-state index contributed by atoms with van der Waals surface area (Å²) in [6.07, 6.45) is 0. The lowest BCUT2D eigenvalue weighted by Gasteiger charge is -2.15. The van der Waals surface area contributed by atoms with E-state index in [9.17, 15) is 4.79 Å². The van der Waals surface area contributed by atoms with Crippen molar-refractivity contribution in [2.24, 2.45) is 5.92 Å². The van der Waals surface area contributed by atoms with E-state index in [2.05, 4.69) is 17.9 Å². The Morgan fingerprint density at radius 3 is 2.65 bits per heavy atom. The zero-order chi connectivity index (χ0) is 13.0. The summed E-state index contributed by atoms with van der Waals surface area (Å²) >= 11 is 10.2. The molecule has 1 rings (SSSR count). The Morgan fingerprint density at radius 1 is 1.47 bits per heavy atom. The van der Waals surface area contributed by atoms with Crippen LogP contribution in [0.2, 0.25) is 5.02 Å². The van der Waals surface area contributed by atoms with Crippen LogP contribution in [0.15, 0.2) is 18.2 Å². The molecule has 17 heavy (non-hydrogen) atoms. The summed E-state index contributed by atoms with van der Waals surface area (Å²) in [4.78, 5) is 11.8. The average molecular weight is 274 g/mol. The highest BCUT2D eigenvalue weighted by Gasteiger charge is 2.18. The number of rotatable bonds is 4. The summed E-state index contributed by atoms with van der Waals surface area (Å²) in [5, 5.41) is 2.85. The number of methoxy groups -OCH3 is 1. The first-order chi connectivity index (χ1) is 7.95. The smallest absolute Gasteiger partial charge is 0.237 e. The summed E-state index contributed by atoms with van der Waals surface area (Å²) in [5.41, 5.74) is 0.538. The van der Waals surface area contributed by atoms with Gasteiger partial charge in [0.25, 0.3) is 0 Å². The molecule has 0 aliphatic heterocycles. The van der Waals surface area contributed by atoms with E-state index in [0.29, 0.717) is 16.5 Å². The van der Waals surface area contributed by atoms with Gasteiger partial charge in [-0.1, -0.05) is 25.4 Å². The SMILES string of the molecule is COc1ccc(Cl)c(NC(=O)C(S)C(C)C)c1. The van der Waals surface area contributed by atoms with Crippen molar-refractivity contribution in [2.75, 3.05) is 12.4 Å². The first-order valence-electron chi connectivity index (χ1n) is 5.28. The minimum atomic E-state index is -0.364. The molecule has 0 saturated heterocycles. The number of halogens is 1. The van der Waals surface area contributed by atoms with Gasteiger partial charge < -0.3 is 10.1 Å². The highest BCUT2D eigenvalue weighted by Crippen LogP contribution is 2.27. The Labute approximate surface area is 112 Å². The van der Waals surface area contributed by atoms with Crippen molar-refractivity contribution in [1.82, 2.24) is 0 Å². The number of carbonyl (C=O) groups excluding carboxylic acids is 1. The molecule has 0 aliphatic carbocycles. The first-order valence-corrected chi connectivity index (χ1v) is 6.17. The summed E-state index contributed by atoms with van der Waals surface area (Å²) in [7, 11) is 1.56. The highest BCUT2D eigenvalue weighted by atomic mass is 35.5. The van der Waals surface area contributed by atoms with Gasteiger partial charge in [0.15, 0.2) is 0 Å². The number of thiol groups is 1. The zero-order valence-corrected chi connectivity index (χ0v) is 11.7. The molecular weight excluding hydrogens is 258 g/mol. The summed E-state index contributed by atoms with van der Waals surface area (Å²) < 4.78 is 5.07. The molecule has 1 aromatic carbocycles. The Balaban J connectivity index is 2.84. The van der Waals surface area contributed by atoms with E-state index in [1.165, 1.54) is 0 Å². The van der Waals surface area contributed by atoms with Gasteiger partial charge >= 0.3 is 0 Å². The second kappa shape index (κ2) is 6.17. The number of hydrogen-bond donors (Lipinski definition) is 2. The van der Waals surface area contributed by atoms with E-state index in [-0.39, 0.29) is 17.1 Å². The molecule has 5 heteroatoms. The third kappa shape index (κ3) is 3.82. The molecule has 94 valence electrons. The zero-order valence-electron chi connectivity index (χ0n) is 10.0. The number of anilines is 1. The fourth-order valence-electron chi connectivity index (χ4n) is 1.24. The molecule has 0 heterocycles. The maximum absolute atomic E-state index is 11.8. The predicted octanol–water partition coefficient (Wildman–Crippen LogP) is 3.24. The van der Waals surface area contributed by atoms with Crippen LogP contribution in [0.3, 0.4) is 0 Å². The van der Waals surface area contributed by atoms with Crippen LogP contribution in [-0.2, 0) is 4.79 Å². The Hall–Kier alpha value is -0.870. The van der Waals surface area contributed by atoms with E-state index in [4.69, 9.17) is 16.3 Å². The van der Waals surface area contributed by atoms with E-state index >= 15 is 0 Å². The van der Waals surface area contributed by atoms with Gasteiger partial charge in [-0.25, -0.2) is 0 Å². The Kier molecular flexibility index (Phi) is 5.15. The molecule has 0 spiro atoms. The first kappa shape index (κ1) is 14.2. The number of benzene rings is 1. The summed E-state index contributed by atoms with van der Waals surface area (Å²) in [6, 6.07) is 5.10. The van der Waals surface area contributed by atoms with Crippen LogP contribution in [0.5, 0.6) is 5.75 Å². The molecule has 1 unspecified atom stereocenters. The maximum Gasteiger partial charge on any atom is 0.237 e. The van der Waals surface area contributed by atoms with Crippen LogP contribution in [0.25, 0.3) is 0 Å². The van der Waals surface area contributed by atoms with Gasteiger partial charge in [-0.05, 0) is 18.1 Å². The molecule has 1 atom stereocenters.